The molecule has 0 radical (unpaired) electrons. The van der Waals surface area contributed by atoms with Gasteiger partial charge in [-0.3, -0.25) is 9.69 Å². The smallest absolute Gasteiger partial charge is 0.159 e. The number of carbonyl (C=O) groups excluding carboxylic acids is 1. The Morgan fingerprint density at radius 2 is 2.16 bits per heavy atom. The lowest BCUT2D eigenvalue weighted by Gasteiger charge is -2.24. The lowest BCUT2D eigenvalue weighted by atomic mass is 10.1. The lowest BCUT2D eigenvalue weighted by Crippen LogP contribution is -2.31. The fourth-order valence-electron chi connectivity index (χ4n) is 3.19. The minimum atomic E-state index is 0.0288. The lowest BCUT2D eigenvalue weighted by molar-refractivity contribution is 0.101. The van der Waals surface area contributed by atoms with Crippen LogP contribution in [-0.4, -0.2) is 41.8 Å². The third-order valence-corrected chi connectivity index (χ3v) is 5.33. The summed E-state index contributed by atoms with van der Waals surface area (Å²) in [4.78, 5) is 20.9. The molecular weight excluding hydrogens is 332 g/mol. The molecule has 1 saturated heterocycles. The maximum atomic E-state index is 11.7. The van der Waals surface area contributed by atoms with E-state index >= 15 is 0 Å². The van der Waals surface area contributed by atoms with Crippen molar-refractivity contribution in [2.24, 2.45) is 0 Å². The highest BCUT2D eigenvalue weighted by Gasteiger charge is 2.19. The molecule has 5 nitrogen and oxygen atoms in total. The van der Waals surface area contributed by atoms with Crippen molar-refractivity contribution in [1.29, 1.82) is 5.26 Å². The van der Waals surface area contributed by atoms with Crippen molar-refractivity contribution in [2.45, 2.75) is 26.8 Å². The Morgan fingerprint density at radius 3 is 2.84 bits per heavy atom. The molecule has 2 aromatic rings. The van der Waals surface area contributed by atoms with E-state index in [0.29, 0.717) is 11.1 Å². The Labute approximate surface area is 152 Å². The van der Waals surface area contributed by atoms with Crippen LogP contribution in [0.15, 0.2) is 23.6 Å². The van der Waals surface area contributed by atoms with Gasteiger partial charge in [0.15, 0.2) is 5.78 Å². The number of rotatable bonds is 4. The summed E-state index contributed by atoms with van der Waals surface area (Å²) in [5.74, 6) is 0.0288. The minimum Gasteiger partial charge on any atom is -0.369 e. The van der Waals surface area contributed by atoms with E-state index in [4.69, 9.17) is 0 Å². The van der Waals surface area contributed by atoms with Crippen molar-refractivity contribution >= 4 is 22.8 Å². The van der Waals surface area contributed by atoms with Gasteiger partial charge in [-0.1, -0.05) is 0 Å². The van der Waals surface area contributed by atoms with Crippen molar-refractivity contribution < 1.29 is 4.79 Å². The molecule has 0 bridgehead atoms. The zero-order chi connectivity index (χ0) is 17.8. The van der Waals surface area contributed by atoms with Gasteiger partial charge in [-0.15, -0.1) is 11.3 Å². The number of carbonyl (C=O) groups is 1. The summed E-state index contributed by atoms with van der Waals surface area (Å²) in [5.41, 5.74) is 3.30. The van der Waals surface area contributed by atoms with Crippen molar-refractivity contribution in [2.75, 3.05) is 31.1 Å². The number of nitriles is 1. The Hall–Kier alpha value is -2.23. The molecule has 0 saturated carbocycles. The Morgan fingerprint density at radius 1 is 1.32 bits per heavy atom. The van der Waals surface area contributed by atoms with Gasteiger partial charge in [0.05, 0.1) is 22.0 Å². The van der Waals surface area contributed by atoms with Crippen LogP contribution in [0, 0.1) is 18.3 Å². The van der Waals surface area contributed by atoms with Crippen molar-refractivity contribution in [3.05, 3.63) is 45.4 Å². The molecule has 0 N–H and O–H groups in total. The number of benzene rings is 1. The second kappa shape index (κ2) is 7.77. The van der Waals surface area contributed by atoms with E-state index in [2.05, 4.69) is 26.2 Å². The van der Waals surface area contributed by atoms with Gasteiger partial charge in [0.2, 0.25) is 0 Å². The molecule has 1 aromatic heterocycles. The average molecular weight is 354 g/mol. The molecule has 3 rings (SSSR count). The molecule has 0 amide bonds. The number of aromatic nitrogens is 1. The number of nitrogens with zero attached hydrogens (tertiary/aromatic N) is 4. The SMILES string of the molecule is CC(=O)c1ccc(C#N)c(N2CCCN(Cc3csc(C)n3)CC2)c1. The fraction of sp³-hybridized carbons (Fsp3) is 0.421. The molecule has 1 fully saturated rings. The normalized spacial score (nSPS) is 15.6. The summed E-state index contributed by atoms with van der Waals surface area (Å²) >= 11 is 1.69. The molecule has 1 aromatic carbocycles. The van der Waals surface area contributed by atoms with Crippen LogP contribution in [0.2, 0.25) is 0 Å². The molecule has 1 aliphatic rings. The van der Waals surface area contributed by atoms with Crippen LogP contribution in [0.25, 0.3) is 0 Å². The van der Waals surface area contributed by atoms with Crippen LogP contribution >= 0.6 is 11.3 Å². The molecule has 130 valence electrons. The number of Topliss-reactive ketones (excluding diaryl/α,β-unsaturated/α-hetero) is 1. The van der Waals surface area contributed by atoms with E-state index in [0.717, 1.165) is 55.5 Å². The van der Waals surface area contributed by atoms with Gasteiger partial charge in [-0.05, 0) is 38.5 Å². The van der Waals surface area contributed by atoms with E-state index in [1.807, 2.05) is 13.0 Å². The van der Waals surface area contributed by atoms with Gasteiger partial charge in [-0.25, -0.2) is 4.98 Å². The molecule has 0 aliphatic carbocycles. The topological polar surface area (TPSA) is 60.2 Å². The number of aryl methyl sites for hydroxylation is 1. The van der Waals surface area contributed by atoms with Crippen LogP contribution in [-0.2, 0) is 6.54 Å². The summed E-state index contributed by atoms with van der Waals surface area (Å²) in [6.07, 6.45) is 1.03. The minimum absolute atomic E-state index is 0.0288. The number of hydrogen-bond donors (Lipinski definition) is 0. The highest BCUT2D eigenvalue weighted by molar-refractivity contribution is 7.09. The maximum Gasteiger partial charge on any atom is 0.159 e. The van der Waals surface area contributed by atoms with Gasteiger partial charge < -0.3 is 4.90 Å². The summed E-state index contributed by atoms with van der Waals surface area (Å²) in [7, 11) is 0. The summed E-state index contributed by atoms with van der Waals surface area (Å²) in [6, 6.07) is 7.61. The first-order valence-electron chi connectivity index (χ1n) is 8.50. The Kier molecular flexibility index (Phi) is 5.47. The molecule has 1 aliphatic heterocycles. The fourth-order valence-corrected chi connectivity index (χ4v) is 3.79. The van der Waals surface area contributed by atoms with E-state index in [-0.39, 0.29) is 5.78 Å². The molecule has 0 atom stereocenters. The zero-order valence-corrected chi connectivity index (χ0v) is 15.5. The van der Waals surface area contributed by atoms with Crippen LogP contribution in [0.3, 0.4) is 0 Å². The number of thiazole rings is 1. The predicted molar refractivity (Wildman–Crippen MR) is 100 cm³/mol. The first-order valence-corrected chi connectivity index (χ1v) is 9.38. The van der Waals surface area contributed by atoms with Crippen LogP contribution in [0.1, 0.15) is 40.0 Å². The highest BCUT2D eigenvalue weighted by Crippen LogP contribution is 2.24. The average Bonchev–Trinajstić information content (AvgIpc) is 2.87. The number of anilines is 1. The van der Waals surface area contributed by atoms with E-state index in [1.165, 1.54) is 0 Å². The number of ketones is 1. The zero-order valence-electron chi connectivity index (χ0n) is 14.7. The van der Waals surface area contributed by atoms with Crippen molar-refractivity contribution in [1.82, 2.24) is 9.88 Å². The van der Waals surface area contributed by atoms with E-state index in [1.54, 1.807) is 30.4 Å². The molecule has 0 unspecified atom stereocenters. The van der Waals surface area contributed by atoms with E-state index in [9.17, 15) is 10.1 Å². The van der Waals surface area contributed by atoms with Crippen molar-refractivity contribution in [3.63, 3.8) is 0 Å². The van der Waals surface area contributed by atoms with Gasteiger partial charge >= 0.3 is 0 Å². The predicted octanol–water partition coefficient (Wildman–Crippen LogP) is 3.24. The molecule has 6 heteroatoms. The van der Waals surface area contributed by atoms with Gasteiger partial charge in [0, 0.05) is 43.7 Å². The Bertz CT molecular complexity index is 808. The second-order valence-electron chi connectivity index (χ2n) is 6.37. The maximum absolute atomic E-state index is 11.7. The summed E-state index contributed by atoms with van der Waals surface area (Å²) < 4.78 is 0. The molecule has 25 heavy (non-hydrogen) atoms. The molecule has 2 heterocycles. The van der Waals surface area contributed by atoms with Crippen LogP contribution in [0.5, 0.6) is 0 Å². The van der Waals surface area contributed by atoms with Gasteiger partial charge in [-0.2, -0.15) is 5.26 Å². The van der Waals surface area contributed by atoms with Gasteiger partial charge in [0.25, 0.3) is 0 Å². The van der Waals surface area contributed by atoms with Gasteiger partial charge in [0.1, 0.15) is 6.07 Å². The van der Waals surface area contributed by atoms with E-state index < -0.39 is 0 Å². The third kappa shape index (κ3) is 4.25. The molecular formula is C19H22N4OS. The number of hydrogen-bond acceptors (Lipinski definition) is 6. The third-order valence-electron chi connectivity index (χ3n) is 4.51. The first-order chi connectivity index (χ1) is 12.1. The summed E-state index contributed by atoms with van der Waals surface area (Å²) in [5, 5.41) is 12.6. The highest BCUT2D eigenvalue weighted by atomic mass is 32.1. The standard InChI is InChI=1S/C19H22N4OS/c1-14(24)16-4-5-17(11-20)19(10-16)23-7-3-6-22(8-9-23)12-18-13-25-15(2)21-18/h4-5,10,13H,3,6-9,12H2,1-2H3. The summed E-state index contributed by atoms with van der Waals surface area (Å²) in [6.45, 7) is 8.14. The van der Waals surface area contributed by atoms with Crippen LogP contribution < -0.4 is 4.90 Å². The Balaban J connectivity index is 1.73. The largest absolute Gasteiger partial charge is 0.369 e. The van der Waals surface area contributed by atoms with Crippen molar-refractivity contribution in [3.8, 4) is 6.07 Å². The molecule has 0 spiro atoms. The quantitative estimate of drug-likeness (QED) is 0.789. The second-order valence-corrected chi connectivity index (χ2v) is 7.44. The first kappa shape index (κ1) is 17.6. The monoisotopic (exact) mass is 354 g/mol. The van der Waals surface area contributed by atoms with Crippen LogP contribution in [0.4, 0.5) is 5.69 Å².